The molecule has 1 atom stereocenters. The van der Waals surface area contributed by atoms with E-state index in [1.165, 1.54) is 12.1 Å². The molecule has 220 valence electrons. The lowest BCUT2D eigenvalue weighted by Gasteiger charge is -2.28. The number of hydrogen-bond acceptors (Lipinski definition) is 13. The highest BCUT2D eigenvalue weighted by Crippen LogP contribution is 2.17. The molecule has 1 aromatic heterocycles. The Balaban J connectivity index is 2.81. The molecule has 14 nitrogen and oxygen atoms in total. The molecule has 0 saturated carbocycles. The van der Waals surface area contributed by atoms with Crippen LogP contribution in [0.4, 0.5) is 0 Å². The molecule has 0 fully saturated rings. The van der Waals surface area contributed by atoms with Crippen molar-refractivity contribution in [1.29, 1.82) is 0 Å². The summed E-state index contributed by atoms with van der Waals surface area (Å²) < 4.78 is 76.5. The minimum absolute atomic E-state index is 0.0761. The van der Waals surface area contributed by atoms with Crippen molar-refractivity contribution in [3.05, 3.63) is 23.5 Å². The summed E-state index contributed by atoms with van der Waals surface area (Å²) in [6, 6.07) is 2.14. The van der Waals surface area contributed by atoms with Crippen LogP contribution in [0.5, 0.6) is 5.75 Å². The molecule has 0 saturated heterocycles. The Kier molecular flexibility index (Phi) is 15.8. The molecule has 0 spiro atoms. The molecule has 0 aliphatic rings. The van der Waals surface area contributed by atoms with Crippen LogP contribution in [0.15, 0.2) is 12.1 Å². The van der Waals surface area contributed by atoms with Gasteiger partial charge in [-0.05, 0) is 6.42 Å². The third kappa shape index (κ3) is 16.1. The van der Waals surface area contributed by atoms with E-state index in [1.807, 2.05) is 0 Å². The van der Waals surface area contributed by atoms with Gasteiger partial charge in [-0.3, -0.25) is 23.0 Å². The first-order valence-corrected chi connectivity index (χ1v) is 15.4. The average Bonchev–Trinajstić information content (AvgIpc) is 2.82. The Morgan fingerprint density at radius 3 is 1.87 bits per heavy atom. The summed E-state index contributed by atoms with van der Waals surface area (Å²) in [7, 11) is -5.91. The van der Waals surface area contributed by atoms with E-state index < -0.39 is 45.5 Å². The van der Waals surface area contributed by atoms with E-state index in [1.54, 1.807) is 18.9 Å². The lowest BCUT2D eigenvalue weighted by Crippen LogP contribution is -2.44. The first-order chi connectivity index (χ1) is 17.8. The molecule has 0 aliphatic heterocycles. The van der Waals surface area contributed by atoms with Gasteiger partial charge in [0.25, 0.3) is 20.2 Å². The summed E-state index contributed by atoms with van der Waals surface area (Å²) in [5, 5.41) is 9.62. The topological polar surface area (TPSA) is 177 Å². The smallest absolute Gasteiger partial charge is 0.320 e. The van der Waals surface area contributed by atoms with E-state index in [9.17, 15) is 26.7 Å². The zero-order chi connectivity index (χ0) is 28.6. The van der Waals surface area contributed by atoms with Crippen molar-refractivity contribution in [1.82, 2.24) is 9.88 Å². The van der Waals surface area contributed by atoms with Crippen molar-refractivity contribution < 1.29 is 54.1 Å². The molecular formula is C22H38N2O12S2. The van der Waals surface area contributed by atoms with Gasteiger partial charge in [-0.1, -0.05) is 6.92 Å². The third-order valence-corrected chi connectivity index (χ3v) is 5.93. The van der Waals surface area contributed by atoms with Crippen LogP contribution in [0.25, 0.3) is 0 Å². The summed E-state index contributed by atoms with van der Waals surface area (Å²) in [5.74, 6) is -0.716. The van der Waals surface area contributed by atoms with Gasteiger partial charge in [0.2, 0.25) is 0 Å². The quantitative estimate of drug-likeness (QED) is 0.144. The normalized spacial score (nSPS) is 13.1. The van der Waals surface area contributed by atoms with Gasteiger partial charge < -0.3 is 24.1 Å². The zero-order valence-electron chi connectivity index (χ0n) is 22.2. The molecule has 0 amide bonds. The van der Waals surface area contributed by atoms with Gasteiger partial charge in [0.15, 0.2) is 0 Å². The number of ether oxygens (including phenoxy) is 4. The molecule has 0 aliphatic carbocycles. The van der Waals surface area contributed by atoms with Crippen LogP contribution in [0.3, 0.4) is 0 Å². The molecule has 0 aromatic carbocycles. The van der Waals surface area contributed by atoms with Crippen LogP contribution >= 0.6 is 0 Å². The van der Waals surface area contributed by atoms with Crippen LogP contribution in [-0.2, 0) is 60.8 Å². The second kappa shape index (κ2) is 17.6. The van der Waals surface area contributed by atoms with Gasteiger partial charge in [-0.2, -0.15) is 16.8 Å². The standard InChI is InChI=1S/C22H38N2O12S2/c1-5-21(22(25)26)24(6-8-32-12-13-33-11-10-31-2)7-9-34-20-14-18(16-35-37(3,27)28)23-19(15-20)17-36-38(4,29)30/h14-15,21H,5-13,16-17H2,1-4H3,(H,25,26). The summed E-state index contributed by atoms with van der Waals surface area (Å²) in [6.07, 6.45) is 2.14. The maximum absolute atomic E-state index is 11.7. The highest BCUT2D eigenvalue weighted by atomic mass is 32.2. The van der Waals surface area contributed by atoms with Crippen molar-refractivity contribution in [3.8, 4) is 5.75 Å². The summed E-state index contributed by atoms with van der Waals surface area (Å²) in [5.41, 5.74) is 0.352. The number of methoxy groups -OCH3 is 1. The number of carboxylic acid groups (broad SMARTS) is 1. The fourth-order valence-corrected chi connectivity index (χ4v) is 3.79. The fourth-order valence-electron chi connectivity index (χ4n) is 3.12. The van der Waals surface area contributed by atoms with E-state index >= 15 is 0 Å². The van der Waals surface area contributed by atoms with Crippen LogP contribution < -0.4 is 4.74 Å². The van der Waals surface area contributed by atoms with E-state index in [0.29, 0.717) is 39.4 Å². The maximum Gasteiger partial charge on any atom is 0.320 e. The molecule has 1 aromatic rings. The lowest BCUT2D eigenvalue weighted by atomic mass is 10.2. The Bertz CT molecular complexity index is 996. The zero-order valence-corrected chi connectivity index (χ0v) is 23.8. The summed E-state index contributed by atoms with van der Waals surface area (Å²) >= 11 is 0. The number of carboxylic acids is 1. The molecular weight excluding hydrogens is 548 g/mol. The maximum atomic E-state index is 11.7. The molecule has 16 heteroatoms. The average molecular weight is 587 g/mol. The molecule has 38 heavy (non-hydrogen) atoms. The lowest BCUT2D eigenvalue weighted by molar-refractivity contribution is -0.143. The first-order valence-electron chi connectivity index (χ1n) is 11.8. The van der Waals surface area contributed by atoms with Crippen LogP contribution in [-0.4, -0.2) is 116 Å². The minimum atomic E-state index is -3.75. The third-order valence-electron chi connectivity index (χ3n) is 4.83. The SMILES string of the molecule is CCC(C(=O)O)N(CCOCCOCCOC)CCOc1cc(COS(C)(=O)=O)nc(COS(C)(=O)=O)c1. The first kappa shape index (κ1) is 34.1. The fraction of sp³-hybridized carbons (Fsp3) is 0.727. The van der Waals surface area contributed by atoms with Gasteiger partial charge >= 0.3 is 5.97 Å². The molecule has 1 heterocycles. The minimum Gasteiger partial charge on any atom is -0.492 e. The number of pyridine rings is 1. The molecule has 0 bridgehead atoms. The van der Waals surface area contributed by atoms with Gasteiger partial charge in [-0.15, -0.1) is 0 Å². The van der Waals surface area contributed by atoms with Gasteiger partial charge in [0.05, 0.1) is 56.9 Å². The van der Waals surface area contributed by atoms with E-state index in [0.717, 1.165) is 12.5 Å². The largest absolute Gasteiger partial charge is 0.492 e. The Labute approximate surface area is 224 Å². The molecule has 1 rings (SSSR count). The van der Waals surface area contributed by atoms with E-state index in [-0.39, 0.29) is 36.9 Å². The highest BCUT2D eigenvalue weighted by molar-refractivity contribution is 7.86. The monoisotopic (exact) mass is 586 g/mol. The summed E-state index contributed by atoms with van der Waals surface area (Å²) in [4.78, 5) is 17.6. The molecule has 1 N–H and O–H groups in total. The number of hydrogen-bond donors (Lipinski definition) is 1. The predicted molar refractivity (Wildman–Crippen MR) is 136 cm³/mol. The van der Waals surface area contributed by atoms with Crippen molar-refractivity contribution in [2.75, 3.05) is 72.4 Å². The summed E-state index contributed by atoms with van der Waals surface area (Å²) in [6.45, 7) is 3.61. The van der Waals surface area contributed by atoms with Crippen LogP contribution in [0, 0.1) is 0 Å². The van der Waals surface area contributed by atoms with Crippen molar-refractivity contribution in [2.24, 2.45) is 0 Å². The van der Waals surface area contributed by atoms with Crippen molar-refractivity contribution >= 4 is 26.2 Å². The Morgan fingerprint density at radius 2 is 1.39 bits per heavy atom. The Hall–Kier alpha value is -1.92. The number of aromatic nitrogens is 1. The van der Waals surface area contributed by atoms with E-state index in [4.69, 9.17) is 27.3 Å². The van der Waals surface area contributed by atoms with Crippen molar-refractivity contribution in [2.45, 2.75) is 32.6 Å². The number of carbonyl (C=O) groups is 1. The predicted octanol–water partition coefficient (Wildman–Crippen LogP) is 0.258. The highest BCUT2D eigenvalue weighted by Gasteiger charge is 2.23. The Morgan fingerprint density at radius 1 is 0.895 bits per heavy atom. The molecule has 1 unspecified atom stereocenters. The second-order valence-electron chi connectivity index (χ2n) is 8.08. The number of aliphatic carboxylic acids is 1. The number of nitrogens with zero attached hydrogens (tertiary/aromatic N) is 2. The van der Waals surface area contributed by atoms with Crippen LogP contribution in [0.2, 0.25) is 0 Å². The number of rotatable bonds is 22. The van der Waals surface area contributed by atoms with Gasteiger partial charge in [-0.25, -0.2) is 0 Å². The molecule has 0 radical (unpaired) electrons. The van der Waals surface area contributed by atoms with Gasteiger partial charge in [0, 0.05) is 32.3 Å². The van der Waals surface area contributed by atoms with Gasteiger partial charge in [0.1, 0.15) is 31.6 Å². The van der Waals surface area contributed by atoms with Crippen LogP contribution in [0.1, 0.15) is 24.7 Å². The van der Waals surface area contributed by atoms with Crippen molar-refractivity contribution in [3.63, 3.8) is 0 Å². The van der Waals surface area contributed by atoms with E-state index in [2.05, 4.69) is 4.98 Å². The second-order valence-corrected chi connectivity index (χ2v) is 11.4.